The van der Waals surface area contributed by atoms with Crippen LogP contribution in [0.4, 0.5) is 14.5 Å². The smallest absolute Gasteiger partial charge is 0.233 e. The van der Waals surface area contributed by atoms with Crippen LogP contribution in [-0.2, 0) is 14.3 Å². The van der Waals surface area contributed by atoms with Crippen molar-refractivity contribution >= 4 is 22.4 Å². The molecule has 0 spiro atoms. The molecule has 1 N–H and O–H groups in total. The molecule has 2 bridgehead atoms. The summed E-state index contributed by atoms with van der Waals surface area (Å²) in [6, 6.07) is 1.11. The van der Waals surface area contributed by atoms with E-state index in [0.717, 1.165) is 25.3 Å². The lowest BCUT2D eigenvalue weighted by atomic mass is 9.73. The highest BCUT2D eigenvalue weighted by molar-refractivity contribution is 6.05. The van der Waals surface area contributed by atoms with Crippen molar-refractivity contribution in [3.63, 3.8) is 0 Å². The summed E-state index contributed by atoms with van der Waals surface area (Å²) in [4.78, 5) is 17.8. The number of amides is 1. The first-order valence-electron chi connectivity index (χ1n) is 11.7. The molecule has 3 atom stereocenters. The maximum Gasteiger partial charge on any atom is 0.233 e. The maximum absolute atomic E-state index is 14.9. The number of ether oxygens (including phenoxy) is 2. The van der Waals surface area contributed by atoms with E-state index >= 15 is 0 Å². The SMILES string of the molecule is CCCCCCCCC1(C(=O)Nc2c(F)c(F)cc3cncc(C)c23)CC2(C)OCC1O2. The Labute approximate surface area is 187 Å². The van der Waals surface area contributed by atoms with Crippen molar-refractivity contribution < 1.29 is 23.0 Å². The number of anilines is 1. The molecule has 174 valence electrons. The fourth-order valence-electron chi connectivity index (χ4n) is 5.30. The van der Waals surface area contributed by atoms with Gasteiger partial charge in [-0.3, -0.25) is 9.78 Å². The van der Waals surface area contributed by atoms with E-state index in [1.54, 1.807) is 13.1 Å². The fourth-order valence-corrected chi connectivity index (χ4v) is 5.30. The van der Waals surface area contributed by atoms with Crippen molar-refractivity contribution in [3.8, 4) is 0 Å². The largest absolute Gasteiger partial charge is 0.347 e. The van der Waals surface area contributed by atoms with E-state index in [4.69, 9.17) is 9.47 Å². The van der Waals surface area contributed by atoms with Crippen LogP contribution in [0.5, 0.6) is 0 Å². The van der Waals surface area contributed by atoms with E-state index < -0.39 is 28.9 Å². The molecule has 0 radical (unpaired) electrons. The molecular formula is C25H32F2N2O3. The highest BCUT2D eigenvalue weighted by atomic mass is 19.2. The topological polar surface area (TPSA) is 60.5 Å². The van der Waals surface area contributed by atoms with Crippen molar-refractivity contribution in [1.82, 2.24) is 4.98 Å². The zero-order chi connectivity index (χ0) is 22.9. The molecule has 1 aromatic heterocycles. The van der Waals surface area contributed by atoms with Gasteiger partial charge in [0, 0.05) is 29.6 Å². The Hall–Kier alpha value is -2.12. The highest BCUT2D eigenvalue weighted by Crippen LogP contribution is 2.53. The quantitative estimate of drug-likeness (QED) is 0.478. The van der Waals surface area contributed by atoms with Gasteiger partial charge in [-0.05, 0) is 31.9 Å². The van der Waals surface area contributed by atoms with Gasteiger partial charge in [0.1, 0.15) is 0 Å². The second-order valence-electron chi connectivity index (χ2n) is 9.46. The number of fused-ring (bicyclic) bond motifs is 3. The molecule has 5 nitrogen and oxygen atoms in total. The van der Waals surface area contributed by atoms with Crippen molar-refractivity contribution in [2.75, 3.05) is 11.9 Å². The van der Waals surface area contributed by atoms with E-state index in [1.807, 2.05) is 6.92 Å². The van der Waals surface area contributed by atoms with Crippen molar-refractivity contribution in [3.05, 3.63) is 35.7 Å². The lowest BCUT2D eigenvalue weighted by Gasteiger charge is -2.35. The van der Waals surface area contributed by atoms with Crippen LogP contribution in [0, 0.1) is 24.0 Å². The van der Waals surface area contributed by atoms with Crippen LogP contribution in [-0.4, -0.2) is 29.4 Å². The molecule has 2 aromatic rings. The summed E-state index contributed by atoms with van der Waals surface area (Å²) < 4.78 is 41.0. The van der Waals surface area contributed by atoms with Crippen molar-refractivity contribution in [1.29, 1.82) is 0 Å². The number of aryl methyl sites for hydroxylation is 1. The molecule has 4 rings (SSSR count). The van der Waals surface area contributed by atoms with Crippen LogP contribution in [0.25, 0.3) is 10.8 Å². The van der Waals surface area contributed by atoms with Gasteiger partial charge in [0.05, 0.1) is 23.8 Å². The number of hydrogen-bond donors (Lipinski definition) is 1. The summed E-state index contributed by atoms with van der Waals surface area (Å²) in [5.74, 6) is -3.21. The Morgan fingerprint density at radius 1 is 1.22 bits per heavy atom. The first kappa shape index (κ1) is 23.1. The monoisotopic (exact) mass is 446 g/mol. The average Bonchev–Trinajstić information content (AvgIpc) is 3.28. The molecule has 0 saturated carbocycles. The molecule has 2 aliphatic heterocycles. The molecule has 1 amide bonds. The highest BCUT2D eigenvalue weighted by Gasteiger charge is 2.62. The molecule has 1 aromatic carbocycles. The number of carbonyl (C=O) groups is 1. The van der Waals surface area contributed by atoms with Crippen molar-refractivity contribution in [2.24, 2.45) is 5.41 Å². The van der Waals surface area contributed by atoms with Gasteiger partial charge >= 0.3 is 0 Å². The standard InChI is InChI=1S/C25H32F2N2O3/c1-4-5-6-7-8-9-10-25(15-24(3)31-14-19(25)32-24)23(30)29-22-20-16(2)12-28-13-17(20)11-18(26)21(22)27/h11-13,19H,4-10,14-15H2,1-3H3,(H,29,30). The number of rotatable bonds is 9. The third kappa shape index (κ3) is 4.13. The van der Waals surface area contributed by atoms with Gasteiger partial charge in [0.2, 0.25) is 5.91 Å². The lowest BCUT2D eigenvalue weighted by Crippen LogP contribution is -2.47. The summed E-state index contributed by atoms with van der Waals surface area (Å²) in [6.45, 7) is 6.12. The minimum Gasteiger partial charge on any atom is -0.347 e. The summed E-state index contributed by atoms with van der Waals surface area (Å²) in [5.41, 5.74) is -0.286. The second-order valence-corrected chi connectivity index (χ2v) is 9.46. The van der Waals surface area contributed by atoms with Gasteiger partial charge in [0.15, 0.2) is 17.4 Å². The Morgan fingerprint density at radius 3 is 2.66 bits per heavy atom. The first-order chi connectivity index (χ1) is 15.3. The third-order valence-corrected chi connectivity index (χ3v) is 6.98. The molecule has 3 heterocycles. The number of nitrogens with zero attached hydrogens (tertiary/aromatic N) is 1. The van der Waals surface area contributed by atoms with Crippen LogP contribution in [0.15, 0.2) is 18.5 Å². The fraction of sp³-hybridized carbons (Fsp3) is 0.600. The van der Waals surface area contributed by atoms with Crippen LogP contribution in [0.1, 0.15) is 70.8 Å². The molecule has 3 unspecified atom stereocenters. The number of pyridine rings is 1. The Morgan fingerprint density at radius 2 is 1.97 bits per heavy atom. The second kappa shape index (κ2) is 9.02. The number of carbonyl (C=O) groups excluding carboxylic acids is 1. The van der Waals surface area contributed by atoms with Crippen LogP contribution in [0.2, 0.25) is 0 Å². The molecule has 32 heavy (non-hydrogen) atoms. The Kier molecular flexibility index (Phi) is 6.50. The Balaban J connectivity index is 1.61. The zero-order valence-electron chi connectivity index (χ0n) is 19.1. The average molecular weight is 447 g/mol. The van der Waals surface area contributed by atoms with Gasteiger partial charge in [-0.2, -0.15) is 0 Å². The first-order valence-corrected chi connectivity index (χ1v) is 11.7. The lowest BCUT2D eigenvalue weighted by molar-refractivity contribution is -0.139. The summed E-state index contributed by atoms with van der Waals surface area (Å²) in [6.07, 6.45) is 10.3. The number of aromatic nitrogens is 1. The predicted molar refractivity (Wildman–Crippen MR) is 119 cm³/mol. The third-order valence-electron chi connectivity index (χ3n) is 6.98. The molecule has 7 heteroatoms. The zero-order valence-corrected chi connectivity index (χ0v) is 19.1. The minimum absolute atomic E-state index is 0.124. The molecule has 2 aliphatic rings. The Bertz CT molecular complexity index is 1010. The number of unbranched alkanes of at least 4 members (excludes halogenated alkanes) is 5. The van der Waals surface area contributed by atoms with E-state index in [9.17, 15) is 13.6 Å². The minimum atomic E-state index is -1.05. The molecular weight excluding hydrogens is 414 g/mol. The summed E-state index contributed by atoms with van der Waals surface area (Å²) >= 11 is 0. The van der Waals surface area contributed by atoms with Crippen LogP contribution in [0.3, 0.4) is 0 Å². The number of benzene rings is 1. The number of halogens is 2. The van der Waals surface area contributed by atoms with Gasteiger partial charge in [-0.1, -0.05) is 45.4 Å². The van der Waals surface area contributed by atoms with Gasteiger partial charge < -0.3 is 14.8 Å². The summed E-state index contributed by atoms with van der Waals surface area (Å²) in [5, 5.41) is 3.68. The number of hydrogen-bond acceptors (Lipinski definition) is 4. The van der Waals surface area contributed by atoms with Gasteiger partial charge in [0.25, 0.3) is 0 Å². The molecule has 2 fully saturated rings. The van der Waals surface area contributed by atoms with Gasteiger partial charge in [-0.25, -0.2) is 8.78 Å². The van der Waals surface area contributed by atoms with E-state index in [2.05, 4.69) is 17.2 Å². The maximum atomic E-state index is 14.9. The molecule has 0 aliphatic carbocycles. The van der Waals surface area contributed by atoms with E-state index in [1.165, 1.54) is 25.5 Å². The van der Waals surface area contributed by atoms with Crippen LogP contribution >= 0.6 is 0 Å². The predicted octanol–water partition coefficient (Wildman–Crippen LogP) is 6.03. The van der Waals surface area contributed by atoms with Crippen molar-refractivity contribution in [2.45, 2.75) is 84.0 Å². The van der Waals surface area contributed by atoms with Gasteiger partial charge in [-0.15, -0.1) is 0 Å². The number of nitrogens with one attached hydrogen (secondary N) is 1. The van der Waals surface area contributed by atoms with E-state index in [-0.39, 0.29) is 11.6 Å². The molecule has 2 saturated heterocycles. The van der Waals surface area contributed by atoms with E-state index in [0.29, 0.717) is 35.8 Å². The summed E-state index contributed by atoms with van der Waals surface area (Å²) in [7, 11) is 0. The normalized spacial score (nSPS) is 26.7. The van der Waals surface area contributed by atoms with Crippen LogP contribution < -0.4 is 5.32 Å².